The average molecular weight is 318 g/mol. The van der Waals surface area contributed by atoms with Crippen molar-refractivity contribution in [1.82, 2.24) is 5.32 Å². The summed E-state index contributed by atoms with van der Waals surface area (Å²) in [6.45, 7) is 0.965. The van der Waals surface area contributed by atoms with E-state index in [0.29, 0.717) is 6.42 Å². The van der Waals surface area contributed by atoms with Crippen LogP contribution in [0.5, 0.6) is 0 Å². The van der Waals surface area contributed by atoms with E-state index in [9.17, 15) is 0 Å². The third-order valence-corrected chi connectivity index (χ3v) is 2.87. The molecule has 0 spiro atoms. The van der Waals surface area contributed by atoms with Gasteiger partial charge in [0.25, 0.3) is 0 Å². The highest BCUT2D eigenvalue weighted by Crippen LogP contribution is 2.27. The molecule has 4 nitrogen and oxygen atoms in total. The standard InChI is InChI=1S/C10H15IN4/c11-10(14)9(13)3-8(4-12)6-15-5-7-1-2-7/h4,6-7,12-15H,1-3,5H2/b8-6-,12-4?,13-9?,14-10?. The number of hydrogen-bond donors (Lipinski definition) is 4. The summed E-state index contributed by atoms with van der Waals surface area (Å²) in [5.41, 5.74) is 1.01. The summed E-state index contributed by atoms with van der Waals surface area (Å²) in [5, 5.41) is 25.1. The molecular weight excluding hydrogens is 303 g/mol. The highest BCUT2D eigenvalue weighted by molar-refractivity contribution is 14.1. The zero-order valence-corrected chi connectivity index (χ0v) is 10.6. The number of nitrogens with one attached hydrogen (secondary N) is 4. The lowest BCUT2D eigenvalue weighted by Gasteiger charge is -2.03. The second-order valence-corrected chi connectivity index (χ2v) is 4.76. The molecule has 0 bridgehead atoms. The number of halogens is 1. The molecule has 1 rings (SSSR count). The van der Waals surface area contributed by atoms with E-state index in [1.807, 2.05) is 22.6 Å². The molecule has 4 N–H and O–H groups in total. The molecule has 0 unspecified atom stereocenters. The van der Waals surface area contributed by atoms with Crippen molar-refractivity contribution < 1.29 is 0 Å². The van der Waals surface area contributed by atoms with Crippen molar-refractivity contribution in [3.8, 4) is 0 Å². The van der Waals surface area contributed by atoms with Crippen molar-refractivity contribution in [3.63, 3.8) is 0 Å². The zero-order chi connectivity index (χ0) is 11.3. The fourth-order valence-electron chi connectivity index (χ4n) is 1.10. The minimum absolute atomic E-state index is 0.238. The summed E-state index contributed by atoms with van der Waals surface area (Å²) < 4.78 is 0.238. The van der Waals surface area contributed by atoms with Gasteiger partial charge in [0.2, 0.25) is 0 Å². The maximum atomic E-state index is 7.51. The molecule has 0 radical (unpaired) electrons. The summed E-state index contributed by atoms with van der Waals surface area (Å²) in [7, 11) is 0. The van der Waals surface area contributed by atoms with Crippen LogP contribution in [0.15, 0.2) is 11.8 Å². The topological polar surface area (TPSA) is 83.6 Å². The molecule has 0 aromatic carbocycles. The summed E-state index contributed by atoms with van der Waals surface area (Å²) in [6.07, 6.45) is 6.00. The quantitative estimate of drug-likeness (QED) is 0.422. The summed E-state index contributed by atoms with van der Waals surface area (Å²) in [6, 6.07) is 0. The normalized spacial score (nSPS) is 15.9. The lowest BCUT2D eigenvalue weighted by atomic mass is 10.1. The molecule has 0 aromatic heterocycles. The van der Waals surface area contributed by atoms with Crippen LogP contribution >= 0.6 is 22.6 Å². The highest BCUT2D eigenvalue weighted by atomic mass is 127. The molecule has 1 aliphatic rings. The molecule has 0 amide bonds. The molecule has 1 aliphatic carbocycles. The number of allylic oxidation sites excluding steroid dienone is 1. The predicted molar refractivity (Wildman–Crippen MR) is 71.7 cm³/mol. The molecule has 82 valence electrons. The largest absolute Gasteiger partial charge is 0.390 e. The molecule has 5 heteroatoms. The van der Waals surface area contributed by atoms with E-state index in [1.54, 1.807) is 6.20 Å². The van der Waals surface area contributed by atoms with Gasteiger partial charge in [0.1, 0.15) is 3.72 Å². The number of rotatable bonds is 7. The van der Waals surface area contributed by atoms with Gasteiger partial charge in [0.05, 0.1) is 5.71 Å². The third kappa shape index (κ3) is 5.06. The van der Waals surface area contributed by atoms with E-state index in [2.05, 4.69) is 5.32 Å². The van der Waals surface area contributed by atoms with Crippen LogP contribution in [0.4, 0.5) is 0 Å². The van der Waals surface area contributed by atoms with Gasteiger partial charge in [-0.1, -0.05) is 0 Å². The second-order valence-electron chi connectivity index (χ2n) is 3.68. The SMILES string of the molecule is N=C/C(=C\NCC1CC1)CC(=N)C(=N)I. The smallest absolute Gasteiger partial charge is 0.113 e. The Kier molecular flexibility index (Phi) is 4.93. The van der Waals surface area contributed by atoms with Crippen molar-refractivity contribution in [3.05, 3.63) is 11.8 Å². The van der Waals surface area contributed by atoms with Gasteiger partial charge in [0, 0.05) is 25.4 Å². The Morgan fingerprint density at radius 3 is 2.53 bits per heavy atom. The van der Waals surface area contributed by atoms with Crippen LogP contribution in [0.1, 0.15) is 19.3 Å². The average Bonchev–Trinajstić information content (AvgIpc) is 2.99. The van der Waals surface area contributed by atoms with E-state index in [1.165, 1.54) is 19.1 Å². The Hall–Kier alpha value is -0.720. The first kappa shape index (κ1) is 12.4. The maximum Gasteiger partial charge on any atom is 0.113 e. The lowest BCUT2D eigenvalue weighted by Crippen LogP contribution is -2.12. The Morgan fingerprint density at radius 1 is 1.40 bits per heavy atom. The Labute approximate surface area is 103 Å². The summed E-state index contributed by atoms with van der Waals surface area (Å²) in [4.78, 5) is 0. The minimum Gasteiger partial charge on any atom is -0.390 e. The van der Waals surface area contributed by atoms with Crippen LogP contribution in [0.3, 0.4) is 0 Å². The Balaban J connectivity index is 2.35. The Morgan fingerprint density at radius 2 is 2.07 bits per heavy atom. The highest BCUT2D eigenvalue weighted by Gasteiger charge is 2.19. The van der Waals surface area contributed by atoms with Crippen molar-refractivity contribution in [2.45, 2.75) is 19.3 Å². The van der Waals surface area contributed by atoms with Gasteiger partial charge >= 0.3 is 0 Å². The first-order valence-corrected chi connectivity index (χ1v) is 5.96. The van der Waals surface area contributed by atoms with Crippen molar-refractivity contribution >= 4 is 38.2 Å². The third-order valence-electron chi connectivity index (χ3n) is 2.22. The molecule has 1 fully saturated rings. The molecular formula is C10H15IN4. The first-order chi connectivity index (χ1) is 7.13. The summed E-state index contributed by atoms with van der Waals surface area (Å²) in [5.74, 6) is 0.801. The molecule has 0 heterocycles. The predicted octanol–water partition coefficient (Wildman–Crippen LogP) is 2.34. The zero-order valence-electron chi connectivity index (χ0n) is 8.44. The summed E-state index contributed by atoms with van der Waals surface area (Å²) >= 11 is 1.81. The van der Waals surface area contributed by atoms with Crippen LogP contribution in [0.25, 0.3) is 0 Å². The fraction of sp³-hybridized carbons (Fsp3) is 0.500. The molecule has 1 saturated carbocycles. The van der Waals surface area contributed by atoms with Gasteiger partial charge in [-0.2, -0.15) is 0 Å². The lowest BCUT2D eigenvalue weighted by molar-refractivity contribution is 0.745. The maximum absolute atomic E-state index is 7.51. The van der Waals surface area contributed by atoms with Gasteiger partial charge in [-0.15, -0.1) is 0 Å². The van der Waals surface area contributed by atoms with E-state index in [4.69, 9.17) is 16.2 Å². The van der Waals surface area contributed by atoms with Gasteiger partial charge < -0.3 is 16.1 Å². The fourth-order valence-corrected chi connectivity index (χ4v) is 1.29. The molecule has 0 atom stereocenters. The molecule has 0 aliphatic heterocycles. The second kappa shape index (κ2) is 5.99. The van der Waals surface area contributed by atoms with Gasteiger partial charge in [-0.25, -0.2) is 0 Å². The van der Waals surface area contributed by atoms with Crippen LogP contribution in [-0.2, 0) is 0 Å². The minimum atomic E-state index is 0.238. The van der Waals surface area contributed by atoms with Crippen molar-refractivity contribution in [1.29, 1.82) is 16.2 Å². The monoisotopic (exact) mass is 318 g/mol. The van der Waals surface area contributed by atoms with Crippen LogP contribution in [0.2, 0.25) is 0 Å². The van der Waals surface area contributed by atoms with Crippen LogP contribution in [-0.4, -0.2) is 22.2 Å². The number of hydrogen-bond acceptors (Lipinski definition) is 4. The van der Waals surface area contributed by atoms with E-state index < -0.39 is 0 Å². The van der Waals surface area contributed by atoms with E-state index in [-0.39, 0.29) is 9.43 Å². The van der Waals surface area contributed by atoms with Crippen molar-refractivity contribution in [2.75, 3.05) is 6.54 Å². The van der Waals surface area contributed by atoms with Gasteiger partial charge in [0.15, 0.2) is 0 Å². The molecule has 0 saturated heterocycles. The first-order valence-electron chi connectivity index (χ1n) is 4.88. The van der Waals surface area contributed by atoms with Crippen molar-refractivity contribution in [2.24, 2.45) is 5.92 Å². The molecule has 0 aromatic rings. The van der Waals surface area contributed by atoms with Gasteiger partial charge in [-0.05, 0) is 46.9 Å². The Bertz CT molecular complexity index is 305. The van der Waals surface area contributed by atoms with Crippen LogP contribution < -0.4 is 5.32 Å². The van der Waals surface area contributed by atoms with E-state index in [0.717, 1.165) is 18.0 Å². The van der Waals surface area contributed by atoms with E-state index >= 15 is 0 Å². The molecule has 15 heavy (non-hydrogen) atoms. The van der Waals surface area contributed by atoms with Gasteiger partial charge in [-0.3, -0.25) is 5.41 Å². The van der Waals surface area contributed by atoms with Crippen LogP contribution in [0, 0.1) is 22.1 Å².